The average Bonchev–Trinajstić information content (AvgIpc) is 2.79. The minimum Gasteiger partial charge on any atom is -0.379 e. The minimum atomic E-state index is 0.373. The molecule has 0 aromatic heterocycles. The highest BCUT2D eigenvalue weighted by atomic mass is 16.5. The average molecular weight is 262 g/mol. The van der Waals surface area contributed by atoms with Crippen LogP contribution in [0.4, 0.5) is 11.4 Å². The van der Waals surface area contributed by atoms with E-state index in [1.54, 1.807) is 0 Å². The zero-order valence-electron chi connectivity index (χ0n) is 12.6. The minimum absolute atomic E-state index is 0.373. The molecule has 0 heterocycles. The lowest BCUT2D eigenvalue weighted by molar-refractivity contribution is 0.0616. The number of ether oxygens (including phenoxy) is 1. The van der Waals surface area contributed by atoms with Crippen LogP contribution in [0.2, 0.25) is 0 Å². The first-order valence-electron chi connectivity index (χ1n) is 7.28. The molecule has 1 aromatic carbocycles. The zero-order valence-corrected chi connectivity index (χ0v) is 12.6. The third-order valence-electron chi connectivity index (χ3n) is 3.90. The fourth-order valence-corrected chi connectivity index (χ4v) is 2.79. The summed E-state index contributed by atoms with van der Waals surface area (Å²) in [4.78, 5) is 2.13. The van der Waals surface area contributed by atoms with Gasteiger partial charge in [-0.15, -0.1) is 0 Å². The van der Waals surface area contributed by atoms with Crippen LogP contribution in [-0.2, 0) is 4.74 Å². The quantitative estimate of drug-likeness (QED) is 0.880. The van der Waals surface area contributed by atoms with E-state index < -0.39 is 0 Å². The molecule has 1 fully saturated rings. The Kier molecular flexibility index (Phi) is 4.70. The lowest BCUT2D eigenvalue weighted by Crippen LogP contribution is -2.31. The number of benzene rings is 1. The van der Waals surface area contributed by atoms with Crippen molar-refractivity contribution < 1.29 is 4.74 Å². The number of rotatable bonds is 5. The van der Waals surface area contributed by atoms with Crippen LogP contribution in [0.25, 0.3) is 0 Å². The molecule has 0 bridgehead atoms. The molecule has 1 aliphatic rings. The standard InChI is InChI=1S/C16H26N2O/c1-5-19-16-8-6-7-15(16)17-14-10-9-13(18(3)4)11-12(14)2/h9-11,15-17H,5-8H2,1-4H3/t15-,16+/m0/s1. The first-order chi connectivity index (χ1) is 9.11. The monoisotopic (exact) mass is 262 g/mol. The summed E-state index contributed by atoms with van der Waals surface area (Å²) in [6.45, 7) is 5.05. The van der Waals surface area contributed by atoms with E-state index in [-0.39, 0.29) is 0 Å². The van der Waals surface area contributed by atoms with Crippen molar-refractivity contribution in [1.29, 1.82) is 0 Å². The van der Waals surface area contributed by atoms with Crippen LogP contribution in [-0.4, -0.2) is 32.8 Å². The second kappa shape index (κ2) is 6.29. The molecular weight excluding hydrogens is 236 g/mol. The highest BCUT2D eigenvalue weighted by Gasteiger charge is 2.27. The normalized spacial score (nSPS) is 22.5. The van der Waals surface area contributed by atoms with Crippen LogP contribution in [0.1, 0.15) is 31.7 Å². The molecule has 0 amide bonds. The van der Waals surface area contributed by atoms with E-state index in [1.165, 1.54) is 36.2 Å². The molecule has 2 atom stereocenters. The number of nitrogens with one attached hydrogen (secondary N) is 1. The van der Waals surface area contributed by atoms with Gasteiger partial charge < -0.3 is 15.0 Å². The molecule has 0 radical (unpaired) electrons. The third-order valence-corrected chi connectivity index (χ3v) is 3.90. The fraction of sp³-hybridized carbons (Fsp3) is 0.625. The molecule has 1 aliphatic carbocycles. The highest BCUT2D eigenvalue weighted by molar-refractivity contribution is 5.60. The van der Waals surface area contributed by atoms with Crippen molar-refractivity contribution in [2.24, 2.45) is 0 Å². The van der Waals surface area contributed by atoms with Gasteiger partial charge in [-0.25, -0.2) is 0 Å². The van der Waals surface area contributed by atoms with E-state index in [4.69, 9.17) is 4.74 Å². The van der Waals surface area contributed by atoms with Gasteiger partial charge in [0.2, 0.25) is 0 Å². The topological polar surface area (TPSA) is 24.5 Å². The largest absolute Gasteiger partial charge is 0.379 e. The van der Waals surface area contributed by atoms with Crippen molar-refractivity contribution in [2.45, 2.75) is 45.3 Å². The number of hydrogen-bond donors (Lipinski definition) is 1. The van der Waals surface area contributed by atoms with Crippen LogP contribution in [0.3, 0.4) is 0 Å². The van der Waals surface area contributed by atoms with Gasteiger partial charge in [0.1, 0.15) is 0 Å². The van der Waals surface area contributed by atoms with Gasteiger partial charge in [0.05, 0.1) is 12.1 Å². The smallest absolute Gasteiger partial charge is 0.0775 e. The highest BCUT2D eigenvalue weighted by Crippen LogP contribution is 2.28. The number of nitrogens with zero attached hydrogens (tertiary/aromatic N) is 1. The molecule has 1 aromatic rings. The summed E-state index contributed by atoms with van der Waals surface area (Å²) >= 11 is 0. The predicted octanol–water partition coefficient (Wildman–Crippen LogP) is 3.43. The van der Waals surface area contributed by atoms with E-state index in [0.29, 0.717) is 12.1 Å². The van der Waals surface area contributed by atoms with Gasteiger partial charge in [-0.2, -0.15) is 0 Å². The molecule has 2 rings (SSSR count). The summed E-state index contributed by atoms with van der Waals surface area (Å²) in [5.41, 5.74) is 3.78. The maximum Gasteiger partial charge on any atom is 0.0775 e. The van der Waals surface area contributed by atoms with E-state index in [0.717, 1.165) is 6.61 Å². The third kappa shape index (κ3) is 3.41. The van der Waals surface area contributed by atoms with E-state index in [9.17, 15) is 0 Å². The second-order valence-corrected chi connectivity index (χ2v) is 5.57. The van der Waals surface area contributed by atoms with E-state index in [2.05, 4.69) is 56.4 Å². The molecule has 106 valence electrons. The predicted molar refractivity (Wildman–Crippen MR) is 82.2 cm³/mol. The molecule has 19 heavy (non-hydrogen) atoms. The van der Waals surface area contributed by atoms with Crippen LogP contribution < -0.4 is 10.2 Å². The van der Waals surface area contributed by atoms with E-state index >= 15 is 0 Å². The Morgan fingerprint density at radius 3 is 2.74 bits per heavy atom. The summed E-state index contributed by atoms with van der Waals surface area (Å²) in [6.07, 6.45) is 4.02. The second-order valence-electron chi connectivity index (χ2n) is 5.57. The maximum absolute atomic E-state index is 5.82. The molecule has 0 spiro atoms. The Bertz CT molecular complexity index is 417. The number of anilines is 2. The van der Waals surface area contributed by atoms with Crippen molar-refractivity contribution in [3.63, 3.8) is 0 Å². The van der Waals surface area contributed by atoms with E-state index in [1.807, 2.05) is 0 Å². The Morgan fingerprint density at radius 1 is 1.32 bits per heavy atom. The summed E-state index contributed by atoms with van der Waals surface area (Å²) in [6, 6.07) is 7.04. The molecule has 1 N–H and O–H groups in total. The Labute approximate surface area is 116 Å². The maximum atomic E-state index is 5.82. The lowest BCUT2D eigenvalue weighted by atomic mass is 10.1. The lowest BCUT2D eigenvalue weighted by Gasteiger charge is -2.24. The van der Waals surface area contributed by atoms with Gasteiger partial charge in [0.25, 0.3) is 0 Å². The van der Waals surface area contributed by atoms with Gasteiger partial charge in [0.15, 0.2) is 0 Å². The van der Waals surface area contributed by atoms with Gasteiger partial charge in [0, 0.05) is 32.1 Å². The molecule has 3 heteroatoms. The van der Waals surface area contributed by atoms with Gasteiger partial charge >= 0.3 is 0 Å². The van der Waals surface area contributed by atoms with Gasteiger partial charge in [-0.1, -0.05) is 0 Å². The van der Waals surface area contributed by atoms with Crippen molar-refractivity contribution in [1.82, 2.24) is 0 Å². The summed E-state index contributed by atoms with van der Waals surface area (Å²) in [5.74, 6) is 0. The molecule has 0 aliphatic heterocycles. The summed E-state index contributed by atoms with van der Waals surface area (Å²) in [5, 5.41) is 3.67. The van der Waals surface area contributed by atoms with Crippen molar-refractivity contribution in [3.05, 3.63) is 23.8 Å². The first-order valence-corrected chi connectivity index (χ1v) is 7.28. The zero-order chi connectivity index (χ0) is 13.8. The number of aryl methyl sites for hydroxylation is 1. The van der Waals surface area contributed by atoms with Crippen molar-refractivity contribution in [3.8, 4) is 0 Å². The van der Waals surface area contributed by atoms with Gasteiger partial charge in [-0.3, -0.25) is 0 Å². The summed E-state index contributed by atoms with van der Waals surface area (Å²) in [7, 11) is 4.15. The van der Waals surface area contributed by atoms with Crippen LogP contribution in [0, 0.1) is 6.92 Å². The van der Waals surface area contributed by atoms with Crippen molar-refractivity contribution >= 4 is 11.4 Å². The SMILES string of the molecule is CCO[C@@H]1CCC[C@@H]1Nc1ccc(N(C)C)cc1C. The van der Waals surface area contributed by atoms with Crippen molar-refractivity contribution in [2.75, 3.05) is 30.9 Å². The summed E-state index contributed by atoms with van der Waals surface area (Å²) < 4.78 is 5.82. The van der Waals surface area contributed by atoms with Gasteiger partial charge in [-0.05, 0) is 56.9 Å². The van der Waals surface area contributed by atoms with Crippen LogP contribution in [0.15, 0.2) is 18.2 Å². The number of hydrogen-bond acceptors (Lipinski definition) is 3. The molecule has 0 saturated heterocycles. The molecule has 0 unspecified atom stereocenters. The first kappa shape index (κ1) is 14.2. The Morgan fingerprint density at radius 2 is 2.11 bits per heavy atom. The van der Waals surface area contributed by atoms with Crippen LogP contribution in [0.5, 0.6) is 0 Å². The fourth-order valence-electron chi connectivity index (χ4n) is 2.79. The molecular formula is C16H26N2O. The Balaban J connectivity index is 2.06. The molecule has 3 nitrogen and oxygen atoms in total. The van der Waals surface area contributed by atoms with Crippen LogP contribution >= 0.6 is 0 Å². The molecule has 1 saturated carbocycles. The Hall–Kier alpha value is -1.22.